The first-order valence-electron chi connectivity index (χ1n) is 5.96. The maximum absolute atomic E-state index is 11.6. The van der Waals surface area contributed by atoms with Crippen molar-refractivity contribution in [2.75, 3.05) is 26.2 Å². The third kappa shape index (κ3) is 4.70. The molecule has 0 unspecified atom stereocenters. The summed E-state index contributed by atoms with van der Waals surface area (Å²) < 4.78 is 5.47. The summed E-state index contributed by atoms with van der Waals surface area (Å²) in [6.45, 7) is 7.84. The van der Waals surface area contributed by atoms with E-state index in [0.717, 1.165) is 0 Å². The number of carbonyl (C=O) groups is 2. The molecule has 0 aromatic rings. The second-order valence-corrected chi connectivity index (χ2v) is 4.33. The van der Waals surface area contributed by atoms with E-state index in [1.54, 1.807) is 6.92 Å². The number of nitrogens with one attached hydrogen (secondary N) is 2. The first-order valence-corrected chi connectivity index (χ1v) is 5.96. The van der Waals surface area contributed by atoms with Gasteiger partial charge in [-0.1, -0.05) is 0 Å². The predicted molar refractivity (Wildman–Crippen MR) is 63.7 cm³/mol. The van der Waals surface area contributed by atoms with Gasteiger partial charge in [-0.2, -0.15) is 0 Å². The highest BCUT2D eigenvalue weighted by molar-refractivity contribution is 5.95. The largest absolute Gasteiger partial charge is 0.376 e. The van der Waals surface area contributed by atoms with Crippen LogP contribution in [-0.2, 0) is 9.53 Å². The Kier molecular flexibility index (Phi) is 5.37. The number of imide groups is 1. The maximum atomic E-state index is 11.6. The highest BCUT2D eigenvalue weighted by atomic mass is 16.5. The van der Waals surface area contributed by atoms with E-state index in [1.807, 2.05) is 18.7 Å². The fourth-order valence-corrected chi connectivity index (χ4v) is 1.75. The Morgan fingerprint density at radius 1 is 1.41 bits per heavy atom. The average molecular weight is 243 g/mol. The molecule has 0 aromatic carbocycles. The minimum atomic E-state index is -0.438. The van der Waals surface area contributed by atoms with Crippen molar-refractivity contribution >= 4 is 11.9 Å². The number of morpholine rings is 1. The Balaban J connectivity index is 2.36. The quantitative estimate of drug-likeness (QED) is 0.728. The highest BCUT2D eigenvalue weighted by Crippen LogP contribution is 2.10. The first-order chi connectivity index (χ1) is 8.02. The van der Waals surface area contributed by atoms with Gasteiger partial charge >= 0.3 is 6.03 Å². The SMILES string of the molecule is CCNC(=O)NC(=O)CN1C[C@H](C)OC[C@@H]1C. The van der Waals surface area contributed by atoms with Crippen LogP contribution in [0, 0.1) is 0 Å². The van der Waals surface area contributed by atoms with Crippen LogP contribution in [0.25, 0.3) is 0 Å². The second kappa shape index (κ2) is 6.56. The lowest BCUT2D eigenvalue weighted by Crippen LogP contribution is -2.52. The summed E-state index contributed by atoms with van der Waals surface area (Å²) in [7, 11) is 0. The van der Waals surface area contributed by atoms with E-state index in [9.17, 15) is 9.59 Å². The Bertz CT molecular complexity index is 283. The molecule has 1 heterocycles. The number of nitrogens with zero attached hydrogens (tertiary/aromatic N) is 1. The molecule has 0 saturated carbocycles. The number of carbonyl (C=O) groups excluding carboxylic acids is 2. The molecule has 0 aliphatic carbocycles. The number of amides is 3. The number of urea groups is 1. The topological polar surface area (TPSA) is 70.7 Å². The molecular formula is C11H21N3O3. The standard InChI is InChI=1S/C11H21N3O3/c1-4-12-11(16)13-10(15)6-14-5-9(3)17-7-8(14)2/h8-9H,4-7H2,1-3H3,(H2,12,13,15,16)/t8-,9-/m0/s1. The van der Waals surface area contributed by atoms with Crippen LogP contribution in [0.15, 0.2) is 0 Å². The van der Waals surface area contributed by atoms with Gasteiger partial charge in [0.1, 0.15) is 0 Å². The summed E-state index contributed by atoms with van der Waals surface area (Å²) in [5.41, 5.74) is 0. The summed E-state index contributed by atoms with van der Waals surface area (Å²) in [6, 6.07) is -0.238. The molecule has 0 spiro atoms. The zero-order valence-electron chi connectivity index (χ0n) is 10.7. The monoisotopic (exact) mass is 243 g/mol. The smallest absolute Gasteiger partial charge is 0.321 e. The second-order valence-electron chi connectivity index (χ2n) is 4.33. The summed E-state index contributed by atoms with van der Waals surface area (Å²) >= 11 is 0. The Morgan fingerprint density at radius 3 is 2.76 bits per heavy atom. The van der Waals surface area contributed by atoms with E-state index in [1.165, 1.54) is 0 Å². The molecule has 0 radical (unpaired) electrons. The predicted octanol–water partition coefficient (Wildman–Crippen LogP) is -0.0587. The van der Waals surface area contributed by atoms with Gasteiger partial charge < -0.3 is 10.1 Å². The zero-order chi connectivity index (χ0) is 12.8. The van der Waals surface area contributed by atoms with Gasteiger partial charge in [0.2, 0.25) is 5.91 Å². The van der Waals surface area contributed by atoms with E-state index in [2.05, 4.69) is 10.6 Å². The van der Waals surface area contributed by atoms with Gasteiger partial charge in [-0.15, -0.1) is 0 Å². The summed E-state index contributed by atoms with van der Waals surface area (Å²) in [6.07, 6.45) is 0.128. The number of rotatable bonds is 3. The molecule has 1 aliphatic heterocycles. The highest BCUT2D eigenvalue weighted by Gasteiger charge is 2.25. The Morgan fingerprint density at radius 2 is 2.12 bits per heavy atom. The molecule has 0 aromatic heterocycles. The van der Waals surface area contributed by atoms with Crippen molar-refractivity contribution in [3.05, 3.63) is 0 Å². The lowest BCUT2D eigenvalue weighted by Gasteiger charge is -2.36. The molecule has 17 heavy (non-hydrogen) atoms. The van der Waals surface area contributed by atoms with Crippen LogP contribution in [0.4, 0.5) is 4.79 Å². The van der Waals surface area contributed by atoms with Crippen molar-refractivity contribution in [2.24, 2.45) is 0 Å². The van der Waals surface area contributed by atoms with E-state index < -0.39 is 6.03 Å². The van der Waals surface area contributed by atoms with Crippen LogP contribution in [0.5, 0.6) is 0 Å². The number of hydrogen-bond acceptors (Lipinski definition) is 4. The van der Waals surface area contributed by atoms with Crippen molar-refractivity contribution in [2.45, 2.75) is 32.9 Å². The van der Waals surface area contributed by atoms with E-state index in [0.29, 0.717) is 19.7 Å². The van der Waals surface area contributed by atoms with Crippen LogP contribution in [0.1, 0.15) is 20.8 Å². The maximum Gasteiger partial charge on any atom is 0.321 e. The minimum absolute atomic E-state index is 0.128. The van der Waals surface area contributed by atoms with Gasteiger partial charge in [0.15, 0.2) is 0 Å². The van der Waals surface area contributed by atoms with Gasteiger partial charge in [0.25, 0.3) is 0 Å². The van der Waals surface area contributed by atoms with E-state index in [-0.39, 0.29) is 24.6 Å². The average Bonchev–Trinajstić information content (AvgIpc) is 2.23. The number of hydrogen-bond donors (Lipinski definition) is 2. The molecule has 1 rings (SSSR count). The van der Waals surface area contributed by atoms with Gasteiger partial charge in [-0.3, -0.25) is 15.0 Å². The van der Waals surface area contributed by atoms with Gasteiger partial charge in [0, 0.05) is 19.1 Å². The molecule has 6 nitrogen and oxygen atoms in total. The van der Waals surface area contributed by atoms with E-state index in [4.69, 9.17) is 4.74 Å². The first kappa shape index (κ1) is 13.9. The van der Waals surface area contributed by atoms with Crippen molar-refractivity contribution in [1.82, 2.24) is 15.5 Å². The van der Waals surface area contributed by atoms with Gasteiger partial charge in [0.05, 0.1) is 19.3 Å². The molecule has 98 valence electrons. The summed E-state index contributed by atoms with van der Waals surface area (Å²) in [5, 5.41) is 4.81. The van der Waals surface area contributed by atoms with Crippen LogP contribution < -0.4 is 10.6 Å². The fraction of sp³-hybridized carbons (Fsp3) is 0.818. The zero-order valence-corrected chi connectivity index (χ0v) is 10.7. The van der Waals surface area contributed by atoms with Crippen LogP contribution >= 0.6 is 0 Å². The number of ether oxygens (including phenoxy) is 1. The van der Waals surface area contributed by atoms with Crippen LogP contribution in [-0.4, -0.2) is 55.2 Å². The van der Waals surface area contributed by atoms with Crippen molar-refractivity contribution < 1.29 is 14.3 Å². The molecule has 6 heteroatoms. The fourth-order valence-electron chi connectivity index (χ4n) is 1.75. The Labute approximate surface area is 102 Å². The van der Waals surface area contributed by atoms with Crippen LogP contribution in [0.2, 0.25) is 0 Å². The van der Waals surface area contributed by atoms with E-state index >= 15 is 0 Å². The summed E-state index contributed by atoms with van der Waals surface area (Å²) in [5.74, 6) is -0.281. The summed E-state index contributed by atoms with van der Waals surface area (Å²) in [4.78, 5) is 24.8. The van der Waals surface area contributed by atoms with Crippen LogP contribution in [0.3, 0.4) is 0 Å². The van der Waals surface area contributed by atoms with Crippen molar-refractivity contribution in [3.63, 3.8) is 0 Å². The minimum Gasteiger partial charge on any atom is -0.376 e. The Hall–Kier alpha value is -1.14. The van der Waals surface area contributed by atoms with Crippen molar-refractivity contribution in [1.29, 1.82) is 0 Å². The molecule has 3 amide bonds. The van der Waals surface area contributed by atoms with Crippen molar-refractivity contribution in [3.8, 4) is 0 Å². The molecule has 2 atom stereocenters. The molecular weight excluding hydrogens is 222 g/mol. The normalized spacial score (nSPS) is 25.4. The molecule has 1 fully saturated rings. The lowest BCUT2D eigenvalue weighted by molar-refractivity contribution is -0.124. The molecule has 1 aliphatic rings. The molecule has 1 saturated heterocycles. The molecule has 2 N–H and O–H groups in total. The molecule has 0 bridgehead atoms. The third-order valence-electron chi connectivity index (χ3n) is 2.67. The van der Waals surface area contributed by atoms with Gasteiger partial charge in [-0.25, -0.2) is 4.79 Å². The third-order valence-corrected chi connectivity index (χ3v) is 2.67. The van der Waals surface area contributed by atoms with Gasteiger partial charge in [-0.05, 0) is 20.8 Å². The lowest BCUT2D eigenvalue weighted by atomic mass is 10.2.